The molecule has 2 rings (SSSR count). The van der Waals surface area contributed by atoms with Crippen molar-refractivity contribution in [3.8, 4) is 10.6 Å². The zero-order chi connectivity index (χ0) is 14.5. The summed E-state index contributed by atoms with van der Waals surface area (Å²) in [6.45, 7) is 6.52. The van der Waals surface area contributed by atoms with Gasteiger partial charge in [-0.25, -0.2) is 4.98 Å². The van der Waals surface area contributed by atoms with Crippen molar-refractivity contribution >= 4 is 28.6 Å². The molecule has 0 aromatic carbocycles. The van der Waals surface area contributed by atoms with Crippen molar-refractivity contribution in [2.24, 2.45) is 0 Å². The lowest BCUT2D eigenvalue weighted by atomic mass is 10.3. The Morgan fingerprint density at radius 1 is 1.40 bits per heavy atom. The molecule has 0 unspecified atom stereocenters. The number of carbonyl (C=O) groups is 1. The topological polar surface area (TPSA) is 42.0 Å². The van der Waals surface area contributed by atoms with E-state index in [0.29, 0.717) is 6.54 Å². The van der Waals surface area contributed by atoms with Gasteiger partial charge in [-0.05, 0) is 39.3 Å². The summed E-state index contributed by atoms with van der Waals surface area (Å²) in [5, 5.41) is 6.07. The summed E-state index contributed by atoms with van der Waals surface area (Å²) in [4.78, 5) is 18.4. The highest BCUT2D eigenvalue weighted by molar-refractivity contribution is 7.16. The minimum atomic E-state index is -0.0168. The van der Waals surface area contributed by atoms with Crippen LogP contribution in [-0.4, -0.2) is 17.4 Å². The summed E-state index contributed by atoms with van der Waals surface area (Å²) in [7, 11) is 0. The molecule has 0 spiro atoms. The number of rotatable bonds is 5. The van der Waals surface area contributed by atoms with Crippen LogP contribution >= 0.6 is 22.7 Å². The number of hydrogen-bond acceptors (Lipinski definition) is 4. The fourth-order valence-electron chi connectivity index (χ4n) is 1.75. The first kappa shape index (κ1) is 14.9. The molecule has 0 aliphatic heterocycles. The second-order valence-electron chi connectivity index (χ2n) is 4.78. The standard InChI is InChI=1S/C15H18N2OS2/c1-10(2)8-15(18)16-7-6-12-4-5-14(20-12)13-9-19-11(3)17-13/h4-5,8-9H,6-7H2,1-3H3,(H,16,18). The van der Waals surface area contributed by atoms with E-state index in [1.807, 2.05) is 20.8 Å². The molecule has 0 saturated carbocycles. The highest BCUT2D eigenvalue weighted by Gasteiger charge is 2.06. The number of amides is 1. The molecule has 0 bridgehead atoms. The maximum absolute atomic E-state index is 11.5. The first-order valence-electron chi connectivity index (χ1n) is 6.48. The van der Waals surface area contributed by atoms with Crippen LogP contribution in [0.2, 0.25) is 0 Å². The van der Waals surface area contributed by atoms with Gasteiger partial charge in [-0.1, -0.05) is 5.57 Å². The van der Waals surface area contributed by atoms with Gasteiger partial charge in [0.2, 0.25) is 5.91 Å². The number of nitrogens with one attached hydrogen (secondary N) is 1. The van der Waals surface area contributed by atoms with Gasteiger partial charge in [0.1, 0.15) is 0 Å². The molecule has 3 nitrogen and oxygen atoms in total. The lowest BCUT2D eigenvalue weighted by molar-refractivity contribution is -0.116. The molecular formula is C15H18N2OS2. The number of aromatic nitrogens is 1. The van der Waals surface area contributed by atoms with Crippen molar-refractivity contribution in [1.29, 1.82) is 0 Å². The number of thiophene rings is 1. The quantitative estimate of drug-likeness (QED) is 0.854. The normalized spacial score (nSPS) is 10.3. The molecule has 20 heavy (non-hydrogen) atoms. The SMILES string of the molecule is CC(C)=CC(=O)NCCc1ccc(-c2csc(C)n2)s1. The number of thiazole rings is 1. The average molecular weight is 306 g/mol. The molecule has 1 N–H and O–H groups in total. The van der Waals surface area contributed by atoms with Crippen molar-refractivity contribution in [3.63, 3.8) is 0 Å². The van der Waals surface area contributed by atoms with Crippen LogP contribution in [0.1, 0.15) is 23.7 Å². The predicted octanol–water partition coefficient (Wildman–Crippen LogP) is 3.80. The van der Waals surface area contributed by atoms with Crippen LogP contribution in [0.4, 0.5) is 0 Å². The second kappa shape index (κ2) is 6.81. The smallest absolute Gasteiger partial charge is 0.243 e. The van der Waals surface area contributed by atoms with E-state index < -0.39 is 0 Å². The molecule has 1 amide bonds. The highest BCUT2D eigenvalue weighted by Crippen LogP contribution is 2.29. The van der Waals surface area contributed by atoms with Crippen LogP contribution in [0.15, 0.2) is 29.2 Å². The summed E-state index contributed by atoms with van der Waals surface area (Å²) in [5.41, 5.74) is 2.07. The second-order valence-corrected chi connectivity index (χ2v) is 7.01. The van der Waals surface area contributed by atoms with E-state index in [1.165, 1.54) is 9.75 Å². The Morgan fingerprint density at radius 3 is 2.85 bits per heavy atom. The Labute approximate surface area is 127 Å². The maximum atomic E-state index is 11.5. The van der Waals surface area contributed by atoms with Gasteiger partial charge in [-0.3, -0.25) is 4.79 Å². The van der Waals surface area contributed by atoms with Gasteiger partial charge in [0, 0.05) is 22.9 Å². The molecular weight excluding hydrogens is 288 g/mol. The summed E-state index contributed by atoms with van der Waals surface area (Å²) >= 11 is 3.41. The Balaban J connectivity index is 1.87. The van der Waals surface area contributed by atoms with E-state index in [0.717, 1.165) is 22.7 Å². The molecule has 2 heterocycles. The van der Waals surface area contributed by atoms with Crippen LogP contribution in [0.25, 0.3) is 10.6 Å². The number of hydrogen-bond donors (Lipinski definition) is 1. The van der Waals surface area contributed by atoms with Crippen molar-refractivity contribution in [1.82, 2.24) is 10.3 Å². The van der Waals surface area contributed by atoms with Gasteiger partial charge in [0.15, 0.2) is 0 Å². The molecule has 106 valence electrons. The summed E-state index contributed by atoms with van der Waals surface area (Å²) in [5.74, 6) is -0.0168. The number of aryl methyl sites for hydroxylation is 1. The predicted molar refractivity (Wildman–Crippen MR) is 86.3 cm³/mol. The molecule has 0 atom stereocenters. The average Bonchev–Trinajstić information content (AvgIpc) is 2.97. The summed E-state index contributed by atoms with van der Waals surface area (Å²) < 4.78 is 0. The van der Waals surface area contributed by atoms with E-state index in [9.17, 15) is 4.79 Å². The van der Waals surface area contributed by atoms with E-state index >= 15 is 0 Å². The zero-order valence-corrected chi connectivity index (χ0v) is 13.5. The van der Waals surface area contributed by atoms with E-state index in [4.69, 9.17) is 0 Å². The van der Waals surface area contributed by atoms with E-state index in [2.05, 4.69) is 27.8 Å². The van der Waals surface area contributed by atoms with E-state index in [1.54, 1.807) is 28.7 Å². The van der Waals surface area contributed by atoms with Crippen molar-refractivity contribution in [2.75, 3.05) is 6.54 Å². The van der Waals surface area contributed by atoms with Crippen molar-refractivity contribution in [2.45, 2.75) is 27.2 Å². The fourth-order valence-corrected chi connectivity index (χ4v) is 3.40. The van der Waals surface area contributed by atoms with Gasteiger partial charge < -0.3 is 5.32 Å². The molecule has 0 radical (unpaired) electrons. The number of nitrogens with zero attached hydrogens (tertiary/aromatic N) is 1. The van der Waals surface area contributed by atoms with Crippen LogP contribution < -0.4 is 5.32 Å². The van der Waals surface area contributed by atoms with Crippen LogP contribution in [0.3, 0.4) is 0 Å². The Morgan fingerprint density at radius 2 is 2.20 bits per heavy atom. The fraction of sp³-hybridized carbons (Fsp3) is 0.333. The Kier molecular flexibility index (Phi) is 5.09. The Hall–Kier alpha value is -1.46. The van der Waals surface area contributed by atoms with Gasteiger partial charge >= 0.3 is 0 Å². The van der Waals surface area contributed by atoms with Crippen molar-refractivity contribution in [3.05, 3.63) is 39.0 Å². The third kappa shape index (κ3) is 4.28. The van der Waals surface area contributed by atoms with Crippen molar-refractivity contribution < 1.29 is 4.79 Å². The van der Waals surface area contributed by atoms with Gasteiger partial charge in [-0.2, -0.15) is 0 Å². The summed E-state index contributed by atoms with van der Waals surface area (Å²) in [6, 6.07) is 4.22. The lowest BCUT2D eigenvalue weighted by Gasteiger charge is -2.00. The Bertz CT molecular complexity index is 621. The molecule has 2 aromatic heterocycles. The lowest BCUT2D eigenvalue weighted by Crippen LogP contribution is -2.23. The number of allylic oxidation sites excluding steroid dienone is 1. The molecule has 5 heteroatoms. The van der Waals surface area contributed by atoms with Gasteiger partial charge in [0.25, 0.3) is 0 Å². The first-order chi connectivity index (χ1) is 9.54. The molecule has 2 aromatic rings. The number of carbonyl (C=O) groups excluding carboxylic acids is 1. The largest absolute Gasteiger partial charge is 0.352 e. The molecule has 0 fully saturated rings. The first-order valence-corrected chi connectivity index (χ1v) is 8.18. The zero-order valence-electron chi connectivity index (χ0n) is 11.9. The minimum Gasteiger partial charge on any atom is -0.352 e. The van der Waals surface area contributed by atoms with Crippen LogP contribution in [0, 0.1) is 6.92 Å². The highest BCUT2D eigenvalue weighted by atomic mass is 32.1. The minimum absolute atomic E-state index is 0.0168. The maximum Gasteiger partial charge on any atom is 0.243 e. The molecule has 0 saturated heterocycles. The van der Waals surface area contributed by atoms with Gasteiger partial charge in [-0.15, -0.1) is 22.7 Å². The third-order valence-corrected chi connectivity index (χ3v) is 4.56. The molecule has 0 aliphatic rings. The monoisotopic (exact) mass is 306 g/mol. The third-order valence-electron chi connectivity index (χ3n) is 2.62. The van der Waals surface area contributed by atoms with E-state index in [-0.39, 0.29) is 5.91 Å². The van der Waals surface area contributed by atoms with Crippen LogP contribution in [0.5, 0.6) is 0 Å². The van der Waals surface area contributed by atoms with Gasteiger partial charge in [0.05, 0.1) is 15.6 Å². The molecule has 0 aliphatic carbocycles. The van der Waals surface area contributed by atoms with Crippen LogP contribution in [-0.2, 0) is 11.2 Å². The summed E-state index contributed by atoms with van der Waals surface area (Å²) in [6.07, 6.45) is 2.48.